The first-order chi connectivity index (χ1) is 21.6. The van der Waals surface area contributed by atoms with Gasteiger partial charge in [0.1, 0.15) is 24.1 Å². The van der Waals surface area contributed by atoms with Gasteiger partial charge in [0, 0.05) is 53.1 Å². The van der Waals surface area contributed by atoms with Crippen LogP contribution in [0.2, 0.25) is 10.0 Å². The van der Waals surface area contributed by atoms with E-state index in [0.29, 0.717) is 35.9 Å². The van der Waals surface area contributed by atoms with Gasteiger partial charge in [0.2, 0.25) is 5.91 Å². The van der Waals surface area contributed by atoms with Crippen LogP contribution in [0.3, 0.4) is 0 Å². The molecule has 7 N–H and O–H groups in total. The molecule has 4 rings (SSSR count). The SMILES string of the molecule is COc1ccccc1-c1ccncc1C1(NCc2cc(Cl)c(CCCCC(=O)NCC(O)C(O)C(O)C(O)CO)cc2Cl)CC1. The Bertz CT molecular complexity index is 1440. The molecule has 0 spiro atoms. The Morgan fingerprint density at radius 3 is 2.38 bits per heavy atom. The molecule has 1 amide bonds. The van der Waals surface area contributed by atoms with Crippen LogP contribution < -0.4 is 15.4 Å². The van der Waals surface area contributed by atoms with Gasteiger partial charge < -0.3 is 40.9 Å². The fraction of sp³-hybridized carbons (Fsp3) is 0.455. The van der Waals surface area contributed by atoms with Gasteiger partial charge in [-0.25, -0.2) is 0 Å². The predicted octanol–water partition coefficient (Wildman–Crippen LogP) is 3.11. The van der Waals surface area contributed by atoms with E-state index in [0.717, 1.165) is 46.4 Å². The maximum Gasteiger partial charge on any atom is 0.220 e. The largest absolute Gasteiger partial charge is 0.496 e. The summed E-state index contributed by atoms with van der Waals surface area (Å²) in [6.45, 7) is -0.558. The molecule has 3 aromatic rings. The number of aryl methyl sites for hydroxylation is 1. The number of para-hydroxylation sites is 1. The number of aromatic nitrogens is 1. The van der Waals surface area contributed by atoms with Gasteiger partial charge in [0.25, 0.3) is 0 Å². The number of amides is 1. The Balaban J connectivity index is 1.28. The van der Waals surface area contributed by atoms with Gasteiger partial charge in [-0.15, -0.1) is 0 Å². The van der Waals surface area contributed by atoms with E-state index in [1.807, 2.05) is 48.7 Å². The topological polar surface area (TPSA) is 164 Å². The van der Waals surface area contributed by atoms with Crippen LogP contribution in [0.15, 0.2) is 54.9 Å². The molecule has 4 unspecified atom stereocenters. The van der Waals surface area contributed by atoms with E-state index in [2.05, 4.69) is 15.6 Å². The van der Waals surface area contributed by atoms with Gasteiger partial charge in [0.05, 0.1) is 19.8 Å². The highest BCUT2D eigenvalue weighted by molar-refractivity contribution is 6.34. The smallest absolute Gasteiger partial charge is 0.220 e. The zero-order valence-electron chi connectivity index (χ0n) is 25.1. The van der Waals surface area contributed by atoms with E-state index >= 15 is 0 Å². The zero-order valence-corrected chi connectivity index (χ0v) is 26.6. The summed E-state index contributed by atoms with van der Waals surface area (Å²) in [5, 5.41) is 55.1. The normalized spacial score (nSPS) is 16.4. The monoisotopic (exact) mass is 661 g/mol. The van der Waals surface area contributed by atoms with Crippen LogP contribution in [0.4, 0.5) is 0 Å². The third-order valence-corrected chi connectivity index (χ3v) is 8.95. The molecule has 1 aliphatic rings. The number of halogens is 2. The number of ether oxygens (including phenoxy) is 1. The van der Waals surface area contributed by atoms with Crippen molar-refractivity contribution >= 4 is 29.1 Å². The number of carbonyl (C=O) groups is 1. The molecule has 1 aromatic heterocycles. The fourth-order valence-corrected chi connectivity index (χ4v) is 5.89. The van der Waals surface area contributed by atoms with Crippen LogP contribution in [0, 0.1) is 0 Å². The highest BCUT2D eigenvalue weighted by atomic mass is 35.5. The zero-order chi connectivity index (χ0) is 32.6. The van der Waals surface area contributed by atoms with Crippen molar-refractivity contribution in [3.05, 3.63) is 81.6 Å². The van der Waals surface area contributed by atoms with Crippen LogP contribution in [0.1, 0.15) is 48.8 Å². The summed E-state index contributed by atoms with van der Waals surface area (Å²) in [6, 6.07) is 13.7. The summed E-state index contributed by atoms with van der Waals surface area (Å²) in [6.07, 6.45) is 1.09. The van der Waals surface area contributed by atoms with Crippen LogP contribution in [0.25, 0.3) is 11.1 Å². The van der Waals surface area contributed by atoms with Crippen molar-refractivity contribution in [2.45, 2.75) is 75.0 Å². The van der Waals surface area contributed by atoms with Crippen LogP contribution in [-0.4, -0.2) is 81.1 Å². The summed E-state index contributed by atoms with van der Waals surface area (Å²) in [4.78, 5) is 16.6. The molecule has 0 saturated heterocycles. The molecule has 244 valence electrons. The third kappa shape index (κ3) is 8.93. The third-order valence-electron chi connectivity index (χ3n) is 8.25. The van der Waals surface area contributed by atoms with Gasteiger partial charge in [-0.1, -0.05) is 41.4 Å². The van der Waals surface area contributed by atoms with Crippen LogP contribution in [-0.2, 0) is 23.3 Å². The Labute approximate surface area is 273 Å². The number of carbonyl (C=O) groups excluding carboxylic acids is 1. The molecule has 10 nitrogen and oxygen atoms in total. The molecule has 1 heterocycles. The molecule has 0 aliphatic heterocycles. The number of unbranched alkanes of at least 4 members (excludes halogenated alkanes) is 1. The minimum atomic E-state index is -1.74. The van der Waals surface area contributed by atoms with Crippen LogP contribution >= 0.6 is 23.2 Å². The minimum Gasteiger partial charge on any atom is -0.496 e. The highest BCUT2D eigenvalue weighted by Gasteiger charge is 2.45. The Hall–Kier alpha value is -2.80. The number of methoxy groups -OCH3 is 1. The maximum absolute atomic E-state index is 12.2. The fourth-order valence-electron chi connectivity index (χ4n) is 5.36. The predicted molar refractivity (Wildman–Crippen MR) is 172 cm³/mol. The van der Waals surface area contributed by atoms with Crippen molar-refractivity contribution in [1.29, 1.82) is 0 Å². The van der Waals surface area contributed by atoms with Crippen molar-refractivity contribution in [2.24, 2.45) is 0 Å². The molecule has 2 aromatic carbocycles. The minimum absolute atomic E-state index is 0.186. The van der Waals surface area contributed by atoms with Gasteiger partial charge in [-0.3, -0.25) is 9.78 Å². The first-order valence-electron chi connectivity index (χ1n) is 15.0. The van der Waals surface area contributed by atoms with E-state index in [-0.39, 0.29) is 24.4 Å². The Morgan fingerprint density at radius 2 is 1.67 bits per heavy atom. The molecule has 45 heavy (non-hydrogen) atoms. The number of aliphatic hydroxyl groups is 5. The number of benzene rings is 2. The standard InChI is InChI=1S/C33H41Cl2N3O7/c1-45-29-8-4-3-7-23(29)22-10-13-36-17-24(22)33(11-12-33)38-16-21-15-25(34)20(14-26(21)35)6-2-5-9-30(42)37-18-27(40)31(43)32(44)28(41)19-39/h3-4,7-8,10,13-15,17,27-28,31-32,38-41,43-44H,2,5-6,9,11-12,16,18-19H2,1H3,(H,37,42). The molecule has 1 fully saturated rings. The van der Waals surface area contributed by atoms with E-state index < -0.39 is 31.0 Å². The first kappa shape index (κ1) is 35.1. The molecule has 0 radical (unpaired) electrons. The van der Waals surface area contributed by atoms with Gasteiger partial charge in [-0.2, -0.15) is 0 Å². The van der Waals surface area contributed by atoms with Gasteiger partial charge in [0.15, 0.2) is 0 Å². The van der Waals surface area contributed by atoms with Crippen LogP contribution in [0.5, 0.6) is 5.75 Å². The first-order valence-corrected chi connectivity index (χ1v) is 15.7. The van der Waals surface area contributed by atoms with Crippen molar-refractivity contribution < 1.29 is 35.1 Å². The number of nitrogens with one attached hydrogen (secondary N) is 2. The number of aliphatic hydroxyl groups excluding tert-OH is 5. The molecule has 4 atom stereocenters. The number of hydrogen-bond donors (Lipinski definition) is 7. The van der Waals surface area contributed by atoms with E-state index in [1.165, 1.54) is 0 Å². The average molecular weight is 663 g/mol. The van der Waals surface area contributed by atoms with E-state index in [1.54, 1.807) is 13.3 Å². The van der Waals surface area contributed by atoms with Crippen molar-refractivity contribution in [1.82, 2.24) is 15.6 Å². The van der Waals surface area contributed by atoms with Crippen molar-refractivity contribution in [3.63, 3.8) is 0 Å². The lowest BCUT2D eigenvalue weighted by Gasteiger charge is -2.25. The summed E-state index contributed by atoms with van der Waals surface area (Å²) in [7, 11) is 1.67. The molecule has 1 aliphatic carbocycles. The molecule has 0 bridgehead atoms. The van der Waals surface area contributed by atoms with Crippen molar-refractivity contribution in [2.75, 3.05) is 20.3 Å². The Kier molecular flexibility index (Phi) is 12.6. The molecule has 1 saturated carbocycles. The Morgan fingerprint density at radius 1 is 0.978 bits per heavy atom. The second-order valence-corrected chi connectivity index (χ2v) is 12.2. The van der Waals surface area contributed by atoms with E-state index in [4.69, 9.17) is 33.0 Å². The highest BCUT2D eigenvalue weighted by Crippen LogP contribution is 2.50. The lowest BCUT2D eigenvalue weighted by atomic mass is 9.94. The number of pyridine rings is 1. The second-order valence-electron chi connectivity index (χ2n) is 11.4. The molecular weight excluding hydrogens is 621 g/mol. The second kappa shape index (κ2) is 16.2. The summed E-state index contributed by atoms with van der Waals surface area (Å²) >= 11 is 13.3. The van der Waals surface area contributed by atoms with Gasteiger partial charge >= 0.3 is 0 Å². The summed E-state index contributed by atoms with van der Waals surface area (Å²) < 4.78 is 5.62. The summed E-state index contributed by atoms with van der Waals surface area (Å²) in [5.74, 6) is 0.471. The van der Waals surface area contributed by atoms with E-state index in [9.17, 15) is 25.2 Å². The number of nitrogens with zero attached hydrogens (tertiary/aromatic N) is 1. The van der Waals surface area contributed by atoms with Crippen molar-refractivity contribution in [3.8, 4) is 16.9 Å². The summed E-state index contributed by atoms with van der Waals surface area (Å²) in [5.41, 5.74) is 4.74. The molecule has 12 heteroatoms. The lowest BCUT2D eigenvalue weighted by Crippen LogP contribution is -2.49. The molecular formula is C33H41Cl2N3O7. The average Bonchev–Trinajstić information content (AvgIpc) is 3.86. The van der Waals surface area contributed by atoms with Gasteiger partial charge in [-0.05, 0) is 78.6 Å². The number of rotatable bonds is 17. The maximum atomic E-state index is 12.2. The lowest BCUT2D eigenvalue weighted by molar-refractivity contribution is -0.126. The quantitative estimate of drug-likeness (QED) is 0.108. The number of hydrogen-bond acceptors (Lipinski definition) is 9.